The van der Waals surface area contributed by atoms with Crippen LogP contribution in [-0.4, -0.2) is 25.2 Å². The molecule has 0 aromatic carbocycles. The smallest absolute Gasteiger partial charge is 0.0192 e. The standard InChI is InChI=1S/C12H30N4/c13-9-5-3-1-2-4-7-11(15)12(16)8-6-10-14/h11-12H,1-10,13-16H2. The van der Waals surface area contributed by atoms with Crippen molar-refractivity contribution in [1.29, 1.82) is 0 Å². The third-order valence-corrected chi connectivity index (χ3v) is 3.03. The number of rotatable bonds is 11. The second-order valence-electron chi connectivity index (χ2n) is 4.60. The lowest BCUT2D eigenvalue weighted by atomic mass is 9.98. The molecule has 0 radical (unpaired) electrons. The highest BCUT2D eigenvalue weighted by atomic mass is 14.8. The van der Waals surface area contributed by atoms with Gasteiger partial charge in [0, 0.05) is 12.1 Å². The molecular formula is C12H30N4. The second kappa shape index (κ2) is 11.3. The summed E-state index contributed by atoms with van der Waals surface area (Å²) < 4.78 is 0. The third kappa shape index (κ3) is 9.09. The Kier molecular flexibility index (Phi) is 11.2. The van der Waals surface area contributed by atoms with Crippen molar-refractivity contribution in [2.24, 2.45) is 22.9 Å². The monoisotopic (exact) mass is 230 g/mol. The van der Waals surface area contributed by atoms with Crippen LogP contribution in [0.3, 0.4) is 0 Å². The minimum atomic E-state index is 0.118. The molecule has 0 rings (SSSR count). The van der Waals surface area contributed by atoms with Gasteiger partial charge in [-0.1, -0.05) is 25.7 Å². The average molecular weight is 230 g/mol. The van der Waals surface area contributed by atoms with E-state index in [1.165, 1.54) is 25.7 Å². The van der Waals surface area contributed by atoms with Crippen molar-refractivity contribution < 1.29 is 0 Å². The van der Waals surface area contributed by atoms with Crippen LogP contribution in [0.5, 0.6) is 0 Å². The first-order valence-electron chi connectivity index (χ1n) is 6.63. The van der Waals surface area contributed by atoms with Crippen molar-refractivity contribution in [2.75, 3.05) is 13.1 Å². The summed E-state index contributed by atoms with van der Waals surface area (Å²) in [5.41, 5.74) is 22.9. The molecule has 0 aliphatic carbocycles. The quantitative estimate of drug-likeness (QED) is 0.392. The summed E-state index contributed by atoms with van der Waals surface area (Å²) >= 11 is 0. The van der Waals surface area contributed by atoms with Gasteiger partial charge in [-0.15, -0.1) is 0 Å². The van der Waals surface area contributed by atoms with E-state index in [4.69, 9.17) is 22.9 Å². The van der Waals surface area contributed by atoms with E-state index in [1.54, 1.807) is 0 Å². The Morgan fingerprint density at radius 3 is 1.56 bits per heavy atom. The molecule has 98 valence electrons. The minimum absolute atomic E-state index is 0.118. The lowest BCUT2D eigenvalue weighted by Gasteiger charge is -2.19. The zero-order chi connectivity index (χ0) is 12.2. The molecule has 0 aromatic heterocycles. The number of nitrogens with two attached hydrogens (primary N) is 4. The minimum Gasteiger partial charge on any atom is -0.330 e. The van der Waals surface area contributed by atoms with Gasteiger partial charge in [0.15, 0.2) is 0 Å². The van der Waals surface area contributed by atoms with Crippen molar-refractivity contribution >= 4 is 0 Å². The van der Waals surface area contributed by atoms with Gasteiger partial charge < -0.3 is 22.9 Å². The summed E-state index contributed by atoms with van der Waals surface area (Å²) in [6, 6.07) is 0.258. The SMILES string of the molecule is NCCCCCCCC(N)C(N)CCCN. The van der Waals surface area contributed by atoms with Crippen LogP contribution in [0.25, 0.3) is 0 Å². The highest BCUT2D eigenvalue weighted by Crippen LogP contribution is 2.09. The van der Waals surface area contributed by atoms with E-state index in [2.05, 4.69) is 0 Å². The first-order valence-corrected chi connectivity index (χ1v) is 6.63. The predicted octanol–water partition coefficient (Wildman–Crippen LogP) is 0.679. The Labute approximate surface area is 100 Å². The maximum atomic E-state index is 6.01. The van der Waals surface area contributed by atoms with Crippen molar-refractivity contribution in [1.82, 2.24) is 0 Å². The molecule has 0 aliphatic rings. The predicted molar refractivity (Wildman–Crippen MR) is 71.0 cm³/mol. The Bertz CT molecular complexity index is 141. The Morgan fingerprint density at radius 2 is 1.00 bits per heavy atom. The van der Waals surface area contributed by atoms with Crippen molar-refractivity contribution in [3.8, 4) is 0 Å². The first-order chi connectivity index (χ1) is 7.72. The van der Waals surface area contributed by atoms with Crippen LogP contribution < -0.4 is 22.9 Å². The van der Waals surface area contributed by atoms with Gasteiger partial charge in [-0.3, -0.25) is 0 Å². The van der Waals surface area contributed by atoms with Gasteiger partial charge in [-0.05, 0) is 38.8 Å². The summed E-state index contributed by atoms with van der Waals surface area (Å²) in [5.74, 6) is 0. The van der Waals surface area contributed by atoms with Crippen LogP contribution in [0.1, 0.15) is 51.4 Å². The molecule has 0 aliphatic heterocycles. The molecule has 0 spiro atoms. The molecule has 0 amide bonds. The zero-order valence-corrected chi connectivity index (χ0v) is 10.5. The zero-order valence-electron chi connectivity index (χ0n) is 10.5. The van der Waals surface area contributed by atoms with Crippen molar-refractivity contribution in [3.05, 3.63) is 0 Å². The van der Waals surface area contributed by atoms with Crippen LogP contribution in [0.15, 0.2) is 0 Å². The van der Waals surface area contributed by atoms with Gasteiger partial charge in [0.05, 0.1) is 0 Å². The summed E-state index contributed by atoms with van der Waals surface area (Å²) in [7, 11) is 0. The molecule has 0 aromatic rings. The Morgan fingerprint density at radius 1 is 0.562 bits per heavy atom. The highest BCUT2D eigenvalue weighted by Gasteiger charge is 2.11. The fourth-order valence-corrected chi connectivity index (χ4v) is 1.84. The number of unbranched alkanes of at least 4 members (excludes halogenated alkanes) is 4. The summed E-state index contributed by atoms with van der Waals surface area (Å²) in [6.45, 7) is 1.52. The van der Waals surface area contributed by atoms with Crippen LogP contribution in [0, 0.1) is 0 Å². The van der Waals surface area contributed by atoms with Crippen LogP contribution >= 0.6 is 0 Å². The van der Waals surface area contributed by atoms with E-state index in [9.17, 15) is 0 Å². The van der Waals surface area contributed by atoms with Gasteiger partial charge in [-0.2, -0.15) is 0 Å². The molecule has 0 bridgehead atoms. The normalized spacial score (nSPS) is 15.0. The first kappa shape index (κ1) is 15.8. The van der Waals surface area contributed by atoms with Gasteiger partial charge in [0.1, 0.15) is 0 Å². The molecule has 2 unspecified atom stereocenters. The average Bonchev–Trinajstić information content (AvgIpc) is 2.30. The van der Waals surface area contributed by atoms with Crippen molar-refractivity contribution in [2.45, 2.75) is 63.5 Å². The largest absolute Gasteiger partial charge is 0.330 e. The van der Waals surface area contributed by atoms with E-state index in [0.717, 1.165) is 32.2 Å². The van der Waals surface area contributed by atoms with Gasteiger partial charge in [0.2, 0.25) is 0 Å². The molecule has 8 N–H and O–H groups in total. The van der Waals surface area contributed by atoms with Crippen LogP contribution in [0.2, 0.25) is 0 Å². The van der Waals surface area contributed by atoms with Crippen LogP contribution in [0.4, 0.5) is 0 Å². The number of hydrogen-bond donors (Lipinski definition) is 4. The molecular weight excluding hydrogens is 200 g/mol. The molecule has 2 atom stereocenters. The van der Waals surface area contributed by atoms with E-state index >= 15 is 0 Å². The molecule has 0 heterocycles. The molecule has 4 heteroatoms. The third-order valence-electron chi connectivity index (χ3n) is 3.03. The van der Waals surface area contributed by atoms with E-state index < -0.39 is 0 Å². The fraction of sp³-hybridized carbons (Fsp3) is 1.00. The molecule has 0 saturated carbocycles. The number of hydrogen-bond acceptors (Lipinski definition) is 4. The lowest BCUT2D eigenvalue weighted by Crippen LogP contribution is -2.41. The van der Waals surface area contributed by atoms with Gasteiger partial charge in [-0.25, -0.2) is 0 Å². The van der Waals surface area contributed by atoms with Gasteiger partial charge >= 0.3 is 0 Å². The summed E-state index contributed by atoms with van der Waals surface area (Å²) in [4.78, 5) is 0. The van der Waals surface area contributed by atoms with E-state index in [-0.39, 0.29) is 12.1 Å². The molecule has 4 nitrogen and oxygen atoms in total. The Hall–Kier alpha value is -0.160. The second-order valence-corrected chi connectivity index (χ2v) is 4.60. The molecule has 0 saturated heterocycles. The van der Waals surface area contributed by atoms with Gasteiger partial charge in [0.25, 0.3) is 0 Å². The van der Waals surface area contributed by atoms with E-state index in [0.29, 0.717) is 6.54 Å². The highest BCUT2D eigenvalue weighted by molar-refractivity contribution is 4.75. The summed E-state index contributed by atoms with van der Waals surface area (Å²) in [5, 5.41) is 0. The molecule has 0 fully saturated rings. The lowest BCUT2D eigenvalue weighted by molar-refractivity contribution is 0.440. The topological polar surface area (TPSA) is 104 Å². The molecule has 16 heavy (non-hydrogen) atoms. The van der Waals surface area contributed by atoms with E-state index in [1.807, 2.05) is 0 Å². The fourth-order valence-electron chi connectivity index (χ4n) is 1.84. The maximum absolute atomic E-state index is 6.01. The maximum Gasteiger partial charge on any atom is 0.0192 e. The Balaban J connectivity index is 3.31. The van der Waals surface area contributed by atoms with Crippen LogP contribution in [-0.2, 0) is 0 Å². The summed E-state index contributed by atoms with van der Waals surface area (Å²) in [6.07, 6.45) is 9.04. The van der Waals surface area contributed by atoms with Crippen molar-refractivity contribution in [3.63, 3.8) is 0 Å².